The van der Waals surface area contributed by atoms with E-state index in [-0.39, 0.29) is 11.2 Å². The molecule has 0 aromatic rings. The van der Waals surface area contributed by atoms with E-state index in [0.29, 0.717) is 18.0 Å². The van der Waals surface area contributed by atoms with E-state index >= 15 is 0 Å². The van der Waals surface area contributed by atoms with Crippen molar-refractivity contribution in [3.05, 3.63) is 0 Å². The van der Waals surface area contributed by atoms with Crippen molar-refractivity contribution in [1.82, 2.24) is 10.6 Å². The lowest BCUT2D eigenvalue weighted by atomic mass is 9.89. The summed E-state index contributed by atoms with van der Waals surface area (Å²) in [6, 6.07) is 0.710. The van der Waals surface area contributed by atoms with E-state index in [1.165, 1.54) is 6.42 Å². The van der Waals surface area contributed by atoms with Gasteiger partial charge in [-0.2, -0.15) is 0 Å². The number of rotatable bonds is 2. The van der Waals surface area contributed by atoms with Crippen LogP contribution in [0.25, 0.3) is 0 Å². The molecule has 2 heterocycles. The molecule has 4 atom stereocenters. The normalized spacial score (nSPS) is 39.6. The van der Waals surface area contributed by atoms with Crippen molar-refractivity contribution < 1.29 is 4.79 Å². The Morgan fingerprint density at radius 1 is 1.38 bits per heavy atom. The fourth-order valence-corrected chi connectivity index (χ4v) is 3.82. The van der Waals surface area contributed by atoms with Gasteiger partial charge >= 0.3 is 0 Å². The number of amides is 1. The molecule has 0 aliphatic carbocycles. The van der Waals surface area contributed by atoms with Crippen LogP contribution in [-0.4, -0.2) is 35.5 Å². The lowest BCUT2D eigenvalue weighted by molar-refractivity contribution is -0.122. The topological polar surface area (TPSA) is 41.1 Å². The van der Waals surface area contributed by atoms with Crippen molar-refractivity contribution in [2.45, 2.75) is 50.4 Å². The van der Waals surface area contributed by atoms with Gasteiger partial charge in [-0.15, -0.1) is 11.8 Å². The number of nitrogens with one attached hydrogen (secondary N) is 2. The molecule has 1 amide bonds. The average molecular weight is 242 g/mol. The Morgan fingerprint density at radius 2 is 2.19 bits per heavy atom. The molecule has 0 spiro atoms. The summed E-state index contributed by atoms with van der Waals surface area (Å²) in [5.74, 6) is 1.99. The maximum atomic E-state index is 12.0. The van der Waals surface area contributed by atoms with Crippen LogP contribution in [0.15, 0.2) is 0 Å². The molecule has 0 aromatic heterocycles. The molecule has 0 bridgehead atoms. The van der Waals surface area contributed by atoms with Crippen molar-refractivity contribution in [1.29, 1.82) is 0 Å². The van der Waals surface area contributed by atoms with Crippen LogP contribution >= 0.6 is 11.8 Å². The SMILES string of the molecule is CC1CCNC(C)C1NC(=O)C1CCCS1. The number of piperidine rings is 1. The summed E-state index contributed by atoms with van der Waals surface area (Å²) < 4.78 is 0. The van der Waals surface area contributed by atoms with Crippen LogP contribution in [0.3, 0.4) is 0 Å². The lowest BCUT2D eigenvalue weighted by Crippen LogP contribution is -2.57. The second-order valence-electron chi connectivity index (χ2n) is 5.04. The monoisotopic (exact) mass is 242 g/mol. The number of hydrogen-bond donors (Lipinski definition) is 2. The Balaban J connectivity index is 1.88. The zero-order valence-corrected chi connectivity index (χ0v) is 11.0. The van der Waals surface area contributed by atoms with Gasteiger partial charge in [0.15, 0.2) is 0 Å². The van der Waals surface area contributed by atoms with E-state index in [4.69, 9.17) is 0 Å². The third kappa shape index (κ3) is 2.72. The average Bonchev–Trinajstić information content (AvgIpc) is 2.76. The van der Waals surface area contributed by atoms with Crippen LogP contribution in [0.5, 0.6) is 0 Å². The van der Waals surface area contributed by atoms with E-state index < -0.39 is 0 Å². The molecular weight excluding hydrogens is 220 g/mol. The maximum absolute atomic E-state index is 12.0. The van der Waals surface area contributed by atoms with Gasteiger partial charge in [-0.25, -0.2) is 0 Å². The minimum Gasteiger partial charge on any atom is -0.351 e. The Labute approximate surface area is 102 Å². The van der Waals surface area contributed by atoms with Crippen LogP contribution in [-0.2, 0) is 4.79 Å². The first kappa shape index (κ1) is 12.2. The van der Waals surface area contributed by atoms with Crippen LogP contribution in [0.1, 0.15) is 33.1 Å². The van der Waals surface area contributed by atoms with E-state index in [0.717, 1.165) is 25.1 Å². The molecule has 2 aliphatic heterocycles. The third-order valence-electron chi connectivity index (χ3n) is 3.75. The molecule has 2 aliphatic rings. The fourth-order valence-electron chi connectivity index (χ4n) is 2.65. The maximum Gasteiger partial charge on any atom is 0.233 e. The first-order valence-corrected chi connectivity index (χ1v) is 7.38. The van der Waals surface area contributed by atoms with E-state index in [9.17, 15) is 4.79 Å². The predicted octanol–water partition coefficient (Wildman–Crippen LogP) is 1.38. The predicted molar refractivity (Wildman–Crippen MR) is 68.7 cm³/mol. The summed E-state index contributed by atoms with van der Waals surface area (Å²) in [6.07, 6.45) is 3.41. The zero-order valence-electron chi connectivity index (χ0n) is 10.2. The summed E-state index contributed by atoms with van der Waals surface area (Å²) in [5.41, 5.74) is 0. The molecule has 4 heteroatoms. The van der Waals surface area contributed by atoms with Crippen LogP contribution in [0, 0.1) is 5.92 Å². The van der Waals surface area contributed by atoms with E-state index in [1.54, 1.807) is 0 Å². The molecule has 4 unspecified atom stereocenters. The first-order valence-electron chi connectivity index (χ1n) is 6.34. The second-order valence-corrected chi connectivity index (χ2v) is 6.36. The second kappa shape index (κ2) is 5.41. The van der Waals surface area contributed by atoms with E-state index in [2.05, 4.69) is 24.5 Å². The van der Waals surface area contributed by atoms with Crippen LogP contribution in [0.2, 0.25) is 0 Å². The highest BCUT2D eigenvalue weighted by atomic mass is 32.2. The number of carbonyl (C=O) groups is 1. The van der Waals surface area contributed by atoms with Gasteiger partial charge in [-0.1, -0.05) is 6.92 Å². The molecule has 92 valence electrons. The van der Waals surface area contributed by atoms with Crippen molar-refractivity contribution in [3.63, 3.8) is 0 Å². The zero-order chi connectivity index (χ0) is 11.5. The smallest absolute Gasteiger partial charge is 0.233 e. The van der Waals surface area contributed by atoms with Gasteiger partial charge in [0.2, 0.25) is 5.91 Å². The van der Waals surface area contributed by atoms with Gasteiger partial charge in [-0.05, 0) is 44.4 Å². The van der Waals surface area contributed by atoms with Crippen molar-refractivity contribution in [3.8, 4) is 0 Å². The molecule has 0 radical (unpaired) electrons. The molecule has 2 N–H and O–H groups in total. The highest BCUT2D eigenvalue weighted by Crippen LogP contribution is 2.27. The van der Waals surface area contributed by atoms with Crippen molar-refractivity contribution >= 4 is 17.7 Å². The molecule has 2 saturated heterocycles. The number of thioether (sulfide) groups is 1. The number of carbonyl (C=O) groups excluding carboxylic acids is 1. The largest absolute Gasteiger partial charge is 0.351 e. The van der Waals surface area contributed by atoms with E-state index in [1.807, 2.05) is 11.8 Å². The van der Waals surface area contributed by atoms with Crippen molar-refractivity contribution in [2.24, 2.45) is 5.92 Å². The highest BCUT2D eigenvalue weighted by molar-refractivity contribution is 8.00. The lowest BCUT2D eigenvalue weighted by Gasteiger charge is -2.36. The molecule has 2 rings (SSSR count). The molecule has 2 fully saturated rings. The minimum absolute atomic E-state index is 0.210. The van der Waals surface area contributed by atoms with Crippen LogP contribution < -0.4 is 10.6 Å². The van der Waals surface area contributed by atoms with Gasteiger partial charge in [0, 0.05) is 12.1 Å². The molecule has 0 aromatic carbocycles. The Kier molecular flexibility index (Phi) is 4.14. The standard InChI is InChI=1S/C12H22N2OS/c1-8-5-6-13-9(2)11(8)14-12(15)10-4-3-7-16-10/h8-11,13H,3-7H2,1-2H3,(H,14,15). The summed E-state index contributed by atoms with van der Waals surface area (Å²) in [6.45, 7) is 5.49. The molecule has 0 saturated carbocycles. The van der Waals surface area contributed by atoms with Gasteiger partial charge in [-0.3, -0.25) is 4.79 Å². The van der Waals surface area contributed by atoms with Gasteiger partial charge in [0.05, 0.1) is 5.25 Å². The van der Waals surface area contributed by atoms with Gasteiger partial charge < -0.3 is 10.6 Å². The van der Waals surface area contributed by atoms with Crippen molar-refractivity contribution in [2.75, 3.05) is 12.3 Å². The Hall–Kier alpha value is -0.220. The highest BCUT2D eigenvalue weighted by Gasteiger charge is 2.31. The summed E-state index contributed by atoms with van der Waals surface area (Å²) in [5, 5.41) is 6.88. The van der Waals surface area contributed by atoms with Crippen LogP contribution in [0.4, 0.5) is 0 Å². The minimum atomic E-state index is 0.210. The fraction of sp³-hybridized carbons (Fsp3) is 0.917. The number of hydrogen-bond acceptors (Lipinski definition) is 3. The Morgan fingerprint density at radius 3 is 2.81 bits per heavy atom. The molecule has 3 nitrogen and oxygen atoms in total. The van der Waals surface area contributed by atoms with Gasteiger partial charge in [0.25, 0.3) is 0 Å². The Bertz CT molecular complexity index is 243. The summed E-state index contributed by atoms with van der Waals surface area (Å²) in [7, 11) is 0. The summed E-state index contributed by atoms with van der Waals surface area (Å²) in [4.78, 5) is 12.0. The molecule has 16 heavy (non-hydrogen) atoms. The first-order chi connectivity index (χ1) is 7.68. The third-order valence-corrected chi connectivity index (χ3v) is 5.13. The summed E-state index contributed by atoms with van der Waals surface area (Å²) >= 11 is 1.81. The van der Waals surface area contributed by atoms with Gasteiger partial charge in [0.1, 0.15) is 0 Å². The molecular formula is C12H22N2OS. The quantitative estimate of drug-likeness (QED) is 0.769.